The summed E-state index contributed by atoms with van der Waals surface area (Å²) in [7, 11) is 0. The predicted molar refractivity (Wildman–Crippen MR) is 69.1 cm³/mol. The molecule has 1 aromatic carbocycles. The Labute approximate surface area is 91.1 Å². The highest BCUT2D eigenvalue weighted by atomic mass is 14.7. The number of fused-ring (bicyclic) bond motifs is 1. The summed E-state index contributed by atoms with van der Waals surface area (Å²) in [6, 6.07) is 8.10. The summed E-state index contributed by atoms with van der Waals surface area (Å²) in [5, 5.41) is 4.23. The quantitative estimate of drug-likeness (QED) is 0.674. The number of benzene rings is 1. The molecule has 2 aromatic rings. The summed E-state index contributed by atoms with van der Waals surface area (Å²) < 4.78 is 0. The zero-order valence-electron chi connectivity index (χ0n) is 9.80. The smallest absolute Gasteiger partial charge is 0.0391 e. The molecule has 0 amide bonds. The number of H-pyrrole nitrogens is 1. The maximum absolute atomic E-state index is 3.87. The highest BCUT2D eigenvalue weighted by Gasteiger charge is 1.93. The fourth-order valence-corrected chi connectivity index (χ4v) is 1.33. The van der Waals surface area contributed by atoms with E-state index in [1.165, 1.54) is 0 Å². The summed E-state index contributed by atoms with van der Waals surface area (Å²) in [5.41, 5.74) is 0. The molecule has 1 heteroatoms. The highest BCUT2D eigenvalue weighted by Crippen LogP contribution is 2.01. The molecule has 0 saturated carbocycles. The fourth-order valence-electron chi connectivity index (χ4n) is 1.33. The van der Waals surface area contributed by atoms with Gasteiger partial charge < -0.3 is 4.98 Å². The first-order chi connectivity index (χ1) is 7.02. The van der Waals surface area contributed by atoms with Crippen LogP contribution in [0.5, 0.6) is 0 Å². The molecule has 0 fully saturated rings. The predicted octanol–water partition coefficient (Wildman–Crippen LogP) is 2.65. The monoisotopic (exact) mass is 201 g/mol. The van der Waals surface area contributed by atoms with Crippen LogP contribution in [0.15, 0.2) is 24.3 Å². The van der Waals surface area contributed by atoms with Crippen molar-refractivity contribution in [2.24, 2.45) is 5.92 Å². The summed E-state index contributed by atoms with van der Waals surface area (Å²) in [5.74, 6) is 0.833. The number of rotatable bonds is 0. The zero-order valence-corrected chi connectivity index (χ0v) is 9.80. The van der Waals surface area contributed by atoms with Gasteiger partial charge in [-0.25, -0.2) is 0 Å². The average Bonchev–Trinajstić information content (AvgIpc) is 2.43. The van der Waals surface area contributed by atoms with E-state index in [0.717, 1.165) is 27.4 Å². The normalized spacial score (nSPS) is 10.1. The Morgan fingerprint density at radius 3 is 1.60 bits per heavy atom. The van der Waals surface area contributed by atoms with Crippen LogP contribution in [0.4, 0.5) is 0 Å². The Kier molecular flexibility index (Phi) is 3.73. The minimum absolute atomic E-state index is 0.833. The van der Waals surface area contributed by atoms with Gasteiger partial charge in [0.25, 0.3) is 0 Å². The number of hydrogen-bond acceptors (Lipinski definition) is 0. The van der Waals surface area contributed by atoms with E-state index in [9.17, 15) is 0 Å². The second kappa shape index (κ2) is 4.83. The number of aromatic nitrogens is 1. The van der Waals surface area contributed by atoms with Crippen LogP contribution in [0.1, 0.15) is 20.8 Å². The first-order valence-electron chi connectivity index (χ1n) is 5.27. The SMILES string of the molecule is C=c1[nH]c(=C)c2ccccc12.CC(C)C. The maximum atomic E-state index is 3.87. The maximum Gasteiger partial charge on any atom is 0.0391 e. The molecule has 2 rings (SSSR count). The highest BCUT2D eigenvalue weighted by molar-refractivity contribution is 5.82. The van der Waals surface area contributed by atoms with Crippen LogP contribution >= 0.6 is 0 Å². The van der Waals surface area contributed by atoms with Gasteiger partial charge in [0.1, 0.15) is 0 Å². The Morgan fingerprint density at radius 1 is 0.933 bits per heavy atom. The van der Waals surface area contributed by atoms with Crippen LogP contribution in [0.25, 0.3) is 23.9 Å². The molecule has 1 heterocycles. The Morgan fingerprint density at radius 2 is 1.27 bits per heavy atom. The summed E-state index contributed by atoms with van der Waals surface area (Å²) in [6.45, 7) is 14.2. The van der Waals surface area contributed by atoms with Gasteiger partial charge >= 0.3 is 0 Å². The molecule has 0 aliphatic carbocycles. The molecule has 0 radical (unpaired) electrons. The van der Waals surface area contributed by atoms with Gasteiger partial charge in [-0.2, -0.15) is 0 Å². The standard InChI is InChI=1S/C10H9N.C4H10/c1-7-9-5-3-4-6-10(9)8(2)11-7;1-4(2)3/h3-6,11H,1-2H2;4H,1-3H3. The van der Waals surface area contributed by atoms with Crippen molar-refractivity contribution in [2.45, 2.75) is 20.8 Å². The molecular formula is C14H19N. The van der Waals surface area contributed by atoms with Crippen molar-refractivity contribution in [3.8, 4) is 0 Å². The van der Waals surface area contributed by atoms with E-state index in [-0.39, 0.29) is 0 Å². The lowest BCUT2D eigenvalue weighted by Crippen LogP contribution is -2.04. The second-order valence-corrected chi connectivity index (χ2v) is 4.36. The molecule has 0 saturated heterocycles. The molecule has 1 nitrogen and oxygen atoms in total. The van der Waals surface area contributed by atoms with E-state index in [2.05, 4.69) is 38.9 Å². The van der Waals surface area contributed by atoms with Gasteiger partial charge in [0.05, 0.1) is 0 Å². The number of aromatic amines is 1. The van der Waals surface area contributed by atoms with Crippen molar-refractivity contribution in [3.63, 3.8) is 0 Å². The minimum atomic E-state index is 0.833. The van der Waals surface area contributed by atoms with Crippen LogP contribution in [0.2, 0.25) is 0 Å². The zero-order chi connectivity index (χ0) is 11.4. The molecule has 0 atom stereocenters. The van der Waals surface area contributed by atoms with Crippen LogP contribution in [0, 0.1) is 5.92 Å². The molecule has 0 spiro atoms. The van der Waals surface area contributed by atoms with Crippen molar-refractivity contribution in [1.29, 1.82) is 0 Å². The van der Waals surface area contributed by atoms with Gasteiger partial charge in [-0.3, -0.25) is 0 Å². The van der Waals surface area contributed by atoms with E-state index in [1.54, 1.807) is 0 Å². The van der Waals surface area contributed by atoms with Crippen LogP contribution in [0.3, 0.4) is 0 Å². The van der Waals surface area contributed by atoms with Gasteiger partial charge in [-0.15, -0.1) is 0 Å². The molecule has 0 unspecified atom stereocenters. The largest absolute Gasteiger partial charge is 0.355 e. The van der Waals surface area contributed by atoms with Crippen LogP contribution in [-0.2, 0) is 0 Å². The van der Waals surface area contributed by atoms with Crippen LogP contribution in [-0.4, -0.2) is 4.98 Å². The Bertz CT molecular complexity index is 473. The summed E-state index contributed by atoms with van der Waals surface area (Å²) in [4.78, 5) is 3.09. The van der Waals surface area contributed by atoms with Gasteiger partial charge in [-0.05, 0) is 5.92 Å². The van der Waals surface area contributed by atoms with Crippen molar-refractivity contribution in [2.75, 3.05) is 0 Å². The van der Waals surface area contributed by atoms with Crippen LogP contribution < -0.4 is 10.7 Å². The van der Waals surface area contributed by atoms with Gasteiger partial charge in [-0.1, -0.05) is 58.2 Å². The molecule has 80 valence electrons. The molecule has 0 bridgehead atoms. The Hall–Kier alpha value is -1.50. The third kappa shape index (κ3) is 2.98. The van der Waals surface area contributed by atoms with Crippen molar-refractivity contribution < 1.29 is 0 Å². The summed E-state index contributed by atoms with van der Waals surface area (Å²) >= 11 is 0. The van der Waals surface area contributed by atoms with E-state index in [1.807, 2.05) is 24.3 Å². The summed E-state index contributed by atoms with van der Waals surface area (Å²) in [6.07, 6.45) is 0. The fraction of sp³-hybridized carbons (Fsp3) is 0.286. The third-order valence-corrected chi connectivity index (χ3v) is 1.88. The Balaban J connectivity index is 0.000000245. The lowest BCUT2D eigenvalue weighted by molar-refractivity contribution is 0.737. The molecule has 15 heavy (non-hydrogen) atoms. The molecule has 0 aliphatic rings. The second-order valence-electron chi connectivity index (χ2n) is 4.36. The van der Waals surface area contributed by atoms with Crippen molar-refractivity contribution >= 4 is 23.9 Å². The van der Waals surface area contributed by atoms with E-state index < -0.39 is 0 Å². The van der Waals surface area contributed by atoms with Crippen molar-refractivity contribution in [3.05, 3.63) is 35.0 Å². The lowest BCUT2D eigenvalue weighted by Gasteiger charge is -1.84. The molecule has 1 N–H and O–H groups in total. The van der Waals surface area contributed by atoms with Crippen molar-refractivity contribution in [1.82, 2.24) is 4.98 Å². The molecule has 0 aliphatic heterocycles. The number of hydrogen-bond donors (Lipinski definition) is 1. The first kappa shape index (κ1) is 11.6. The number of nitrogens with one attached hydrogen (secondary N) is 1. The topological polar surface area (TPSA) is 15.8 Å². The average molecular weight is 201 g/mol. The lowest BCUT2D eigenvalue weighted by atomic mass is 10.2. The van der Waals surface area contributed by atoms with Gasteiger partial charge in [0.2, 0.25) is 0 Å². The van der Waals surface area contributed by atoms with E-state index in [4.69, 9.17) is 0 Å². The minimum Gasteiger partial charge on any atom is -0.355 e. The molecular weight excluding hydrogens is 182 g/mol. The van der Waals surface area contributed by atoms with E-state index in [0.29, 0.717) is 0 Å². The third-order valence-electron chi connectivity index (χ3n) is 1.88. The molecule has 1 aromatic heterocycles. The first-order valence-corrected chi connectivity index (χ1v) is 5.27. The van der Waals surface area contributed by atoms with E-state index >= 15 is 0 Å². The van der Waals surface area contributed by atoms with Gasteiger partial charge in [0.15, 0.2) is 0 Å². The van der Waals surface area contributed by atoms with Gasteiger partial charge in [0, 0.05) is 21.5 Å².